The molecule has 162 valence electrons. The molecule has 0 saturated carbocycles. The Bertz CT molecular complexity index is 865. The van der Waals surface area contributed by atoms with Crippen LogP contribution in [0.5, 0.6) is 11.5 Å². The lowest BCUT2D eigenvalue weighted by atomic mass is 9.80. The molecule has 30 heavy (non-hydrogen) atoms. The van der Waals surface area contributed by atoms with Gasteiger partial charge in [-0.3, -0.25) is 14.4 Å². The third kappa shape index (κ3) is 3.67. The maximum Gasteiger partial charge on any atom is 0.318 e. The molecule has 1 aliphatic heterocycles. The smallest absolute Gasteiger partial charge is 0.318 e. The highest BCUT2D eigenvalue weighted by Gasteiger charge is 2.62. The molecule has 0 aromatic heterocycles. The van der Waals surface area contributed by atoms with Crippen LogP contribution in [0.4, 0.5) is 0 Å². The topological polar surface area (TPSA) is 91.4 Å². The molecule has 1 aromatic rings. The monoisotopic (exact) mass is 417 g/mol. The van der Waals surface area contributed by atoms with E-state index in [2.05, 4.69) is 0 Å². The first-order valence-corrected chi connectivity index (χ1v) is 9.88. The van der Waals surface area contributed by atoms with Crippen LogP contribution >= 0.6 is 0 Å². The molecular weight excluding hydrogens is 390 g/mol. The fraction of sp³-hybridized carbons (Fsp3) is 0.500. The minimum Gasteiger partial charge on any atom is -0.493 e. The lowest BCUT2D eigenvalue weighted by Crippen LogP contribution is -2.52. The predicted molar refractivity (Wildman–Crippen MR) is 107 cm³/mol. The zero-order valence-corrected chi connectivity index (χ0v) is 17.7. The van der Waals surface area contributed by atoms with E-state index in [1.165, 1.54) is 13.2 Å². The van der Waals surface area contributed by atoms with Crippen molar-refractivity contribution in [3.05, 3.63) is 35.9 Å². The van der Waals surface area contributed by atoms with Crippen LogP contribution in [0.15, 0.2) is 30.4 Å². The molecule has 1 fully saturated rings. The molecule has 3 rings (SSSR count). The van der Waals surface area contributed by atoms with Gasteiger partial charge >= 0.3 is 5.97 Å². The summed E-state index contributed by atoms with van der Waals surface area (Å²) in [6.07, 6.45) is 3.56. The number of amides is 1. The van der Waals surface area contributed by atoms with Crippen molar-refractivity contribution < 1.29 is 33.3 Å². The molecule has 1 heterocycles. The Morgan fingerprint density at radius 2 is 1.90 bits per heavy atom. The highest BCUT2D eigenvalue weighted by molar-refractivity contribution is 6.03. The van der Waals surface area contributed by atoms with E-state index in [9.17, 15) is 14.4 Å². The number of nitrogens with zero attached hydrogens (tertiary/aromatic N) is 1. The van der Waals surface area contributed by atoms with Crippen molar-refractivity contribution in [2.24, 2.45) is 11.8 Å². The molecule has 1 aromatic carbocycles. The van der Waals surface area contributed by atoms with Crippen LogP contribution in [-0.2, 0) is 30.3 Å². The van der Waals surface area contributed by atoms with E-state index in [0.29, 0.717) is 24.5 Å². The van der Waals surface area contributed by atoms with Crippen molar-refractivity contribution in [1.29, 1.82) is 0 Å². The highest BCUT2D eigenvalue weighted by atomic mass is 16.5. The number of rotatable bonds is 8. The van der Waals surface area contributed by atoms with Crippen molar-refractivity contribution in [2.45, 2.75) is 25.5 Å². The summed E-state index contributed by atoms with van der Waals surface area (Å²) in [6, 6.07) is 5.54. The van der Waals surface area contributed by atoms with E-state index < -0.39 is 23.5 Å². The number of hydrogen-bond donors (Lipinski definition) is 0. The maximum atomic E-state index is 13.3. The molecule has 3 atom stereocenters. The number of carbonyl (C=O) groups is 3. The molecule has 2 aliphatic rings. The van der Waals surface area contributed by atoms with Gasteiger partial charge in [0.05, 0.1) is 20.8 Å². The third-order valence-corrected chi connectivity index (χ3v) is 5.76. The Morgan fingerprint density at radius 1 is 1.17 bits per heavy atom. The summed E-state index contributed by atoms with van der Waals surface area (Å²) in [5.41, 5.74) is -0.224. The summed E-state index contributed by atoms with van der Waals surface area (Å²) in [5.74, 6) is -1.64. The van der Waals surface area contributed by atoms with Gasteiger partial charge in [-0.15, -0.1) is 0 Å². The number of ketones is 1. The number of allylic oxidation sites excluding steroid dienone is 1. The standard InChI is InChI=1S/C22H27NO7/c1-5-30-21(26)19-16-13-15(24)8-10-22(16,29-4)23(20(19)25)11-9-14-6-7-17(27-2)18(12-14)28-3/h6-8,10,12,16,19H,5,9,11,13H2,1-4H3/t16?,19-,22+/m0/s1. The average Bonchev–Trinajstić information content (AvgIpc) is 2.99. The molecule has 0 spiro atoms. The Kier molecular flexibility index (Phi) is 6.45. The Balaban J connectivity index is 1.90. The van der Waals surface area contributed by atoms with Gasteiger partial charge in [0.1, 0.15) is 5.92 Å². The highest BCUT2D eigenvalue weighted by Crippen LogP contribution is 2.46. The predicted octanol–water partition coefficient (Wildman–Crippen LogP) is 1.76. The molecule has 8 nitrogen and oxygen atoms in total. The second-order valence-electron chi connectivity index (χ2n) is 7.23. The van der Waals surface area contributed by atoms with Gasteiger partial charge in [-0.05, 0) is 43.2 Å². The van der Waals surface area contributed by atoms with Crippen LogP contribution in [0, 0.1) is 11.8 Å². The number of esters is 1. The van der Waals surface area contributed by atoms with Crippen molar-refractivity contribution >= 4 is 17.7 Å². The Morgan fingerprint density at radius 3 is 2.53 bits per heavy atom. The number of hydrogen-bond acceptors (Lipinski definition) is 7. The Hall–Kier alpha value is -2.87. The van der Waals surface area contributed by atoms with Crippen LogP contribution in [0.3, 0.4) is 0 Å². The second kappa shape index (κ2) is 8.87. The van der Waals surface area contributed by atoms with Gasteiger partial charge in [0, 0.05) is 26.0 Å². The first-order chi connectivity index (χ1) is 14.4. The van der Waals surface area contributed by atoms with Gasteiger partial charge in [0.2, 0.25) is 5.91 Å². The van der Waals surface area contributed by atoms with E-state index in [1.807, 2.05) is 12.1 Å². The fourth-order valence-electron chi connectivity index (χ4n) is 4.31. The van der Waals surface area contributed by atoms with E-state index in [1.54, 1.807) is 38.2 Å². The van der Waals surface area contributed by atoms with Crippen molar-refractivity contribution in [2.75, 3.05) is 34.5 Å². The summed E-state index contributed by atoms with van der Waals surface area (Å²) >= 11 is 0. The molecule has 1 amide bonds. The van der Waals surface area contributed by atoms with Crippen LogP contribution in [0.1, 0.15) is 18.9 Å². The van der Waals surface area contributed by atoms with E-state index in [-0.39, 0.29) is 24.7 Å². The van der Waals surface area contributed by atoms with Crippen molar-refractivity contribution in [1.82, 2.24) is 4.90 Å². The van der Waals surface area contributed by atoms with E-state index in [4.69, 9.17) is 18.9 Å². The quantitative estimate of drug-likeness (QED) is 0.470. The lowest BCUT2D eigenvalue weighted by Gasteiger charge is -2.40. The number of likely N-dealkylation sites (tertiary alicyclic amines) is 1. The number of carbonyl (C=O) groups excluding carboxylic acids is 3. The van der Waals surface area contributed by atoms with Gasteiger partial charge in [-0.1, -0.05) is 6.07 Å². The van der Waals surface area contributed by atoms with Gasteiger partial charge in [0.25, 0.3) is 0 Å². The number of ether oxygens (including phenoxy) is 4. The molecule has 0 N–H and O–H groups in total. The van der Waals surface area contributed by atoms with Crippen molar-refractivity contribution in [3.8, 4) is 11.5 Å². The third-order valence-electron chi connectivity index (χ3n) is 5.76. The van der Waals surface area contributed by atoms with Gasteiger partial charge < -0.3 is 23.8 Å². The molecule has 1 saturated heterocycles. The molecule has 8 heteroatoms. The zero-order chi connectivity index (χ0) is 21.9. The van der Waals surface area contributed by atoms with Gasteiger partial charge in [-0.2, -0.15) is 0 Å². The molecular formula is C22H27NO7. The molecule has 1 aliphatic carbocycles. The van der Waals surface area contributed by atoms with Crippen LogP contribution in [0.25, 0.3) is 0 Å². The van der Waals surface area contributed by atoms with Gasteiger partial charge in [-0.25, -0.2) is 0 Å². The van der Waals surface area contributed by atoms with E-state index >= 15 is 0 Å². The minimum absolute atomic E-state index is 0.0480. The van der Waals surface area contributed by atoms with Gasteiger partial charge in [0.15, 0.2) is 23.0 Å². The summed E-state index contributed by atoms with van der Waals surface area (Å²) < 4.78 is 21.5. The van der Waals surface area contributed by atoms with Crippen molar-refractivity contribution in [3.63, 3.8) is 0 Å². The summed E-state index contributed by atoms with van der Waals surface area (Å²) in [6.45, 7) is 2.14. The summed E-state index contributed by atoms with van der Waals surface area (Å²) in [4.78, 5) is 39.4. The molecule has 0 radical (unpaired) electrons. The molecule has 1 unspecified atom stereocenters. The van der Waals surface area contributed by atoms with Crippen LogP contribution in [0.2, 0.25) is 0 Å². The molecule has 0 bridgehead atoms. The van der Waals surface area contributed by atoms with Crippen LogP contribution < -0.4 is 9.47 Å². The second-order valence-corrected chi connectivity index (χ2v) is 7.23. The number of fused-ring (bicyclic) bond motifs is 1. The average molecular weight is 417 g/mol. The fourth-order valence-corrected chi connectivity index (χ4v) is 4.31. The normalized spacial score (nSPS) is 25.3. The first-order valence-electron chi connectivity index (χ1n) is 9.88. The first kappa shape index (κ1) is 21.8. The maximum absolute atomic E-state index is 13.3. The summed E-state index contributed by atoms with van der Waals surface area (Å²) in [7, 11) is 4.61. The minimum atomic E-state index is -1.15. The lowest BCUT2D eigenvalue weighted by molar-refractivity contribution is -0.153. The Labute approximate surface area is 175 Å². The SMILES string of the molecule is CCOC(=O)[C@@H]1C(=O)N(CCc2ccc(OC)c(OC)c2)[C@@]2(OC)C=CC(=O)CC12. The summed E-state index contributed by atoms with van der Waals surface area (Å²) in [5, 5.41) is 0. The van der Waals surface area contributed by atoms with E-state index in [0.717, 1.165) is 5.56 Å². The zero-order valence-electron chi connectivity index (χ0n) is 17.7. The largest absolute Gasteiger partial charge is 0.493 e. The number of benzene rings is 1. The van der Waals surface area contributed by atoms with Crippen LogP contribution in [-0.4, -0.2) is 62.8 Å². The number of methoxy groups -OCH3 is 3.